The fraction of sp³-hybridized carbons (Fsp3) is 0.933. The Kier molecular flexibility index (Phi) is 5.66. The second kappa shape index (κ2) is 7.09. The van der Waals surface area contributed by atoms with Crippen molar-refractivity contribution in [2.75, 3.05) is 13.7 Å². The molecule has 0 aromatic carbocycles. The normalized spacial score (nSPS) is 31.2. The van der Waals surface area contributed by atoms with Crippen molar-refractivity contribution in [3.05, 3.63) is 0 Å². The number of hydrogen-bond donors (Lipinski definition) is 0. The van der Waals surface area contributed by atoms with Gasteiger partial charge in [-0.3, -0.25) is 4.79 Å². The van der Waals surface area contributed by atoms with Crippen LogP contribution in [0.1, 0.15) is 58.3 Å². The standard InChI is InChI=1S/C15H27NO4S/c1-3-7-12-8-4-5-11-16(12)21(18,19)14-10-6-9-13(14)15(17)20-2/h12-14H,3-11H2,1-2H3. The molecule has 3 unspecified atom stereocenters. The highest BCUT2D eigenvalue weighted by Gasteiger charge is 2.46. The zero-order chi connectivity index (χ0) is 15.5. The Morgan fingerprint density at radius 1 is 1.19 bits per heavy atom. The first-order valence-corrected chi connectivity index (χ1v) is 9.61. The molecule has 2 aliphatic rings. The number of sulfonamides is 1. The van der Waals surface area contributed by atoms with Crippen molar-refractivity contribution < 1.29 is 17.9 Å². The van der Waals surface area contributed by atoms with E-state index in [-0.39, 0.29) is 12.0 Å². The lowest BCUT2D eigenvalue weighted by molar-refractivity contribution is -0.145. The molecule has 0 aromatic rings. The summed E-state index contributed by atoms with van der Waals surface area (Å²) < 4.78 is 32.5. The predicted octanol–water partition coefficient (Wildman–Crippen LogP) is 2.31. The van der Waals surface area contributed by atoms with E-state index < -0.39 is 21.2 Å². The van der Waals surface area contributed by atoms with E-state index in [4.69, 9.17) is 4.74 Å². The van der Waals surface area contributed by atoms with Crippen molar-refractivity contribution in [2.45, 2.75) is 69.6 Å². The maximum absolute atomic E-state index is 13.0. The molecule has 0 radical (unpaired) electrons. The molecular formula is C15H27NO4S. The minimum atomic E-state index is -3.40. The third-order valence-electron chi connectivity index (χ3n) is 4.86. The van der Waals surface area contributed by atoms with Crippen LogP contribution in [0, 0.1) is 5.92 Å². The van der Waals surface area contributed by atoms with Crippen LogP contribution >= 0.6 is 0 Å². The van der Waals surface area contributed by atoms with E-state index in [1.165, 1.54) is 7.11 Å². The van der Waals surface area contributed by atoms with Crippen LogP contribution in [0.3, 0.4) is 0 Å². The summed E-state index contributed by atoms with van der Waals surface area (Å²) in [7, 11) is -2.07. The van der Waals surface area contributed by atoms with Crippen LogP contribution in [0.4, 0.5) is 0 Å². The summed E-state index contributed by atoms with van der Waals surface area (Å²) in [5.74, 6) is -0.852. The summed E-state index contributed by atoms with van der Waals surface area (Å²) in [6, 6.07) is 0.118. The maximum atomic E-state index is 13.0. The number of nitrogens with zero attached hydrogens (tertiary/aromatic N) is 1. The molecule has 0 amide bonds. The number of piperidine rings is 1. The zero-order valence-electron chi connectivity index (χ0n) is 13.1. The molecule has 1 saturated carbocycles. The van der Waals surface area contributed by atoms with Gasteiger partial charge in [-0.15, -0.1) is 0 Å². The number of rotatable bonds is 5. The van der Waals surface area contributed by atoms with E-state index in [1.54, 1.807) is 4.31 Å². The van der Waals surface area contributed by atoms with Crippen LogP contribution in [-0.2, 0) is 19.6 Å². The maximum Gasteiger partial charge on any atom is 0.310 e. The van der Waals surface area contributed by atoms with Gasteiger partial charge in [0.05, 0.1) is 18.3 Å². The van der Waals surface area contributed by atoms with Crippen molar-refractivity contribution in [3.8, 4) is 0 Å². The molecule has 122 valence electrons. The van der Waals surface area contributed by atoms with Gasteiger partial charge < -0.3 is 4.74 Å². The summed E-state index contributed by atoms with van der Waals surface area (Å²) in [5.41, 5.74) is 0. The van der Waals surface area contributed by atoms with Gasteiger partial charge in [0, 0.05) is 12.6 Å². The molecule has 1 aliphatic carbocycles. The van der Waals surface area contributed by atoms with E-state index in [0.29, 0.717) is 19.4 Å². The predicted molar refractivity (Wildman–Crippen MR) is 81.3 cm³/mol. The molecule has 21 heavy (non-hydrogen) atoms. The summed E-state index contributed by atoms with van der Waals surface area (Å²) >= 11 is 0. The molecule has 0 spiro atoms. The summed E-state index contributed by atoms with van der Waals surface area (Å²) in [6.07, 6.45) is 6.87. The number of carbonyl (C=O) groups is 1. The Hall–Kier alpha value is -0.620. The molecule has 2 rings (SSSR count). The van der Waals surface area contributed by atoms with E-state index >= 15 is 0 Å². The summed E-state index contributed by atoms with van der Waals surface area (Å²) in [4.78, 5) is 11.9. The van der Waals surface area contributed by atoms with Gasteiger partial charge in [-0.25, -0.2) is 8.42 Å². The highest BCUT2D eigenvalue weighted by molar-refractivity contribution is 7.89. The Labute approximate surface area is 128 Å². The van der Waals surface area contributed by atoms with Crippen molar-refractivity contribution >= 4 is 16.0 Å². The highest BCUT2D eigenvalue weighted by Crippen LogP contribution is 2.36. The number of hydrogen-bond acceptors (Lipinski definition) is 4. The van der Waals surface area contributed by atoms with Crippen molar-refractivity contribution in [3.63, 3.8) is 0 Å². The topological polar surface area (TPSA) is 63.7 Å². The monoisotopic (exact) mass is 317 g/mol. The van der Waals surface area contributed by atoms with Crippen LogP contribution in [0.5, 0.6) is 0 Å². The first-order valence-electron chi connectivity index (χ1n) is 8.10. The average molecular weight is 317 g/mol. The molecular weight excluding hydrogens is 290 g/mol. The molecule has 1 heterocycles. The molecule has 2 fully saturated rings. The van der Waals surface area contributed by atoms with E-state index in [2.05, 4.69) is 6.92 Å². The first kappa shape index (κ1) is 16.7. The highest BCUT2D eigenvalue weighted by atomic mass is 32.2. The van der Waals surface area contributed by atoms with Gasteiger partial charge in [0.2, 0.25) is 10.0 Å². The van der Waals surface area contributed by atoms with Crippen molar-refractivity contribution in [2.24, 2.45) is 5.92 Å². The van der Waals surface area contributed by atoms with Crippen molar-refractivity contribution in [1.29, 1.82) is 0 Å². The number of ether oxygens (including phenoxy) is 1. The SMILES string of the molecule is CCCC1CCCCN1S(=O)(=O)C1CCCC1C(=O)OC. The zero-order valence-corrected chi connectivity index (χ0v) is 13.9. The van der Waals surface area contributed by atoms with Crippen molar-refractivity contribution in [1.82, 2.24) is 4.31 Å². The van der Waals surface area contributed by atoms with Gasteiger partial charge >= 0.3 is 5.97 Å². The van der Waals surface area contributed by atoms with Crippen LogP contribution in [-0.4, -0.2) is 43.6 Å². The van der Waals surface area contributed by atoms with E-state index in [1.807, 2.05) is 0 Å². The minimum absolute atomic E-state index is 0.118. The molecule has 0 N–H and O–H groups in total. The average Bonchev–Trinajstić information content (AvgIpc) is 2.97. The largest absolute Gasteiger partial charge is 0.469 e. The number of carbonyl (C=O) groups excluding carboxylic acids is 1. The third-order valence-corrected chi connectivity index (χ3v) is 7.32. The molecule has 1 aliphatic heterocycles. The van der Waals surface area contributed by atoms with Gasteiger partial charge in [-0.05, 0) is 32.1 Å². The van der Waals surface area contributed by atoms with Gasteiger partial charge in [-0.2, -0.15) is 4.31 Å². The first-order chi connectivity index (χ1) is 10.0. The molecule has 0 bridgehead atoms. The Morgan fingerprint density at radius 2 is 1.95 bits per heavy atom. The fourth-order valence-electron chi connectivity index (χ4n) is 3.81. The quantitative estimate of drug-likeness (QED) is 0.730. The molecule has 6 heteroatoms. The van der Waals surface area contributed by atoms with Gasteiger partial charge in [-0.1, -0.05) is 26.2 Å². The Morgan fingerprint density at radius 3 is 2.62 bits per heavy atom. The summed E-state index contributed by atoms with van der Waals surface area (Å²) in [5, 5.41) is -0.581. The number of esters is 1. The second-order valence-corrected chi connectivity index (χ2v) is 8.30. The van der Waals surface area contributed by atoms with Crippen LogP contribution in [0.25, 0.3) is 0 Å². The fourth-order valence-corrected chi connectivity index (χ4v) is 6.29. The lowest BCUT2D eigenvalue weighted by Crippen LogP contribution is -2.49. The van der Waals surface area contributed by atoms with Gasteiger partial charge in [0.1, 0.15) is 0 Å². The summed E-state index contributed by atoms with van der Waals surface area (Å²) in [6.45, 7) is 2.70. The molecule has 5 nitrogen and oxygen atoms in total. The van der Waals surface area contributed by atoms with Gasteiger partial charge in [0.15, 0.2) is 0 Å². The minimum Gasteiger partial charge on any atom is -0.469 e. The van der Waals surface area contributed by atoms with Crippen LogP contribution in [0.15, 0.2) is 0 Å². The third kappa shape index (κ3) is 3.42. The number of methoxy groups -OCH3 is 1. The molecule has 0 aromatic heterocycles. The van der Waals surface area contributed by atoms with Crippen LogP contribution in [0.2, 0.25) is 0 Å². The van der Waals surface area contributed by atoms with E-state index in [9.17, 15) is 13.2 Å². The lowest BCUT2D eigenvalue weighted by Gasteiger charge is -2.37. The smallest absolute Gasteiger partial charge is 0.310 e. The Bertz CT molecular complexity index is 460. The molecule has 3 atom stereocenters. The Balaban J connectivity index is 2.20. The van der Waals surface area contributed by atoms with Crippen LogP contribution < -0.4 is 0 Å². The lowest BCUT2D eigenvalue weighted by atomic mass is 10.0. The van der Waals surface area contributed by atoms with E-state index in [0.717, 1.165) is 38.5 Å². The molecule has 1 saturated heterocycles. The van der Waals surface area contributed by atoms with Gasteiger partial charge in [0.25, 0.3) is 0 Å². The second-order valence-electron chi connectivity index (χ2n) is 6.19.